The van der Waals surface area contributed by atoms with E-state index in [1.807, 2.05) is 0 Å². The van der Waals surface area contributed by atoms with Gasteiger partial charge in [0.1, 0.15) is 17.0 Å². The number of hydrogen-bond donors (Lipinski definition) is 1. The minimum Gasteiger partial charge on any atom is -0.236 e. The van der Waals surface area contributed by atoms with E-state index in [0.717, 1.165) is 0 Å². The fourth-order valence-corrected chi connectivity index (χ4v) is 1.59. The maximum atomic E-state index is 11.0. The van der Waals surface area contributed by atoms with Gasteiger partial charge in [-0.25, -0.2) is 28.2 Å². The molecular weight excluding hydrogens is 230 g/mol. The van der Waals surface area contributed by atoms with Crippen LogP contribution in [0.1, 0.15) is 5.82 Å². The summed E-state index contributed by atoms with van der Waals surface area (Å²) in [4.78, 5) is 7.83. The Morgan fingerprint density at radius 3 is 2.50 bits per heavy atom. The highest BCUT2D eigenvalue weighted by Gasteiger charge is 2.08. The van der Waals surface area contributed by atoms with Crippen LogP contribution in [0.15, 0.2) is 29.6 Å². The molecule has 0 spiro atoms. The van der Waals surface area contributed by atoms with Gasteiger partial charge >= 0.3 is 0 Å². The van der Waals surface area contributed by atoms with E-state index in [1.165, 1.54) is 29.3 Å². The standard InChI is InChI=1S/C8H9N5O2S/c1-6-11-5-13(12-6)8-3-2-7(4-10-8)16(9,14)15/h2-5H,1H3,(H2,9,14,15). The molecule has 2 N–H and O–H groups in total. The normalized spacial score (nSPS) is 11.6. The van der Waals surface area contributed by atoms with Crippen molar-refractivity contribution in [2.75, 3.05) is 0 Å². The van der Waals surface area contributed by atoms with E-state index < -0.39 is 10.0 Å². The Bertz CT molecular complexity index is 602. The lowest BCUT2D eigenvalue weighted by Gasteiger charge is -2.00. The van der Waals surface area contributed by atoms with Gasteiger partial charge in [-0.05, 0) is 19.1 Å². The summed E-state index contributed by atoms with van der Waals surface area (Å²) in [6, 6.07) is 2.88. The molecule has 2 aromatic rings. The van der Waals surface area contributed by atoms with Crippen LogP contribution in [0.3, 0.4) is 0 Å². The van der Waals surface area contributed by atoms with Crippen molar-refractivity contribution in [2.24, 2.45) is 5.14 Å². The molecule has 2 aromatic heterocycles. The molecule has 84 valence electrons. The van der Waals surface area contributed by atoms with Crippen molar-refractivity contribution in [3.8, 4) is 5.82 Å². The lowest BCUT2D eigenvalue weighted by atomic mass is 10.5. The predicted octanol–water partition coefficient (Wildman–Crippen LogP) is -0.382. The molecule has 8 heteroatoms. The highest BCUT2D eigenvalue weighted by molar-refractivity contribution is 7.89. The largest absolute Gasteiger partial charge is 0.239 e. The molecule has 0 bridgehead atoms. The van der Waals surface area contributed by atoms with E-state index in [4.69, 9.17) is 5.14 Å². The second kappa shape index (κ2) is 3.65. The molecule has 0 unspecified atom stereocenters. The van der Waals surface area contributed by atoms with Gasteiger partial charge in [-0.2, -0.15) is 5.10 Å². The molecule has 0 aliphatic heterocycles. The summed E-state index contributed by atoms with van der Waals surface area (Å²) in [5.74, 6) is 1.09. The molecule has 0 atom stereocenters. The SMILES string of the molecule is Cc1ncn(-c2ccc(S(N)(=O)=O)cn2)n1. The fraction of sp³-hybridized carbons (Fsp3) is 0.125. The molecule has 7 nitrogen and oxygen atoms in total. The van der Waals surface area contributed by atoms with Gasteiger partial charge in [-0.1, -0.05) is 0 Å². The average Bonchev–Trinajstić information content (AvgIpc) is 2.64. The molecule has 0 radical (unpaired) electrons. The molecular formula is C8H9N5O2S. The van der Waals surface area contributed by atoms with Crippen LogP contribution in [-0.2, 0) is 10.0 Å². The molecule has 2 rings (SSSR count). The van der Waals surface area contributed by atoms with E-state index in [0.29, 0.717) is 11.6 Å². The van der Waals surface area contributed by atoms with E-state index in [1.54, 1.807) is 6.92 Å². The minimum absolute atomic E-state index is 0.0342. The van der Waals surface area contributed by atoms with Crippen LogP contribution < -0.4 is 5.14 Å². The highest BCUT2D eigenvalue weighted by atomic mass is 32.2. The maximum absolute atomic E-state index is 11.0. The lowest BCUT2D eigenvalue weighted by Crippen LogP contribution is -2.12. The summed E-state index contributed by atoms with van der Waals surface area (Å²) in [7, 11) is -3.70. The van der Waals surface area contributed by atoms with Gasteiger partial charge in [0.15, 0.2) is 5.82 Å². The Morgan fingerprint density at radius 2 is 2.06 bits per heavy atom. The second-order valence-corrected chi connectivity index (χ2v) is 4.69. The Balaban J connectivity index is 2.40. The number of primary sulfonamides is 1. The van der Waals surface area contributed by atoms with Crippen LogP contribution in [0.5, 0.6) is 0 Å². The fourth-order valence-electron chi connectivity index (χ4n) is 1.13. The predicted molar refractivity (Wildman–Crippen MR) is 55.3 cm³/mol. The summed E-state index contributed by atoms with van der Waals surface area (Å²) >= 11 is 0. The Hall–Kier alpha value is -1.80. The number of nitrogens with zero attached hydrogens (tertiary/aromatic N) is 4. The first kappa shape index (κ1) is 10.7. The van der Waals surface area contributed by atoms with Crippen molar-refractivity contribution in [1.82, 2.24) is 19.7 Å². The van der Waals surface area contributed by atoms with Crippen molar-refractivity contribution in [2.45, 2.75) is 11.8 Å². The lowest BCUT2D eigenvalue weighted by molar-refractivity contribution is 0.597. The Morgan fingerprint density at radius 1 is 1.31 bits per heavy atom. The zero-order valence-corrected chi connectivity index (χ0v) is 9.22. The highest BCUT2D eigenvalue weighted by Crippen LogP contribution is 2.07. The molecule has 0 aliphatic carbocycles. The van der Waals surface area contributed by atoms with E-state index in [9.17, 15) is 8.42 Å². The third-order valence-corrected chi connectivity index (χ3v) is 2.79. The smallest absolute Gasteiger partial charge is 0.236 e. The van der Waals surface area contributed by atoms with E-state index in [2.05, 4.69) is 15.1 Å². The number of nitrogens with two attached hydrogens (primary N) is 1. The Kier molecular flexibility index (Phi) is 2.44. The van der Waals surface area contributed by atoms with Crippen molar-refractivity contribution in [3.63, 3.8) is 0 Å². The third kappa shape index (κ3) is 2.07. The molecule has 0 fully saturated rings. The summed E-state index contributed by atoms with van der Waals surface area (Å²) in [5, 5.41) is 8.98. The number of aromatic nitrogens is 4. The Labute approximate surface area is 92.0 Å². The quantitative estimate of drug-likeness (QED) is 0.769. The number of pyridine rings is 1. The number of hydrogen-bond acceptors (Lipinski definition) is 5. The number of aryl methyl sites for hydroxylation is 1. The first-order valence-electron chi connectivity index (χ1n) is 4.34. The van der Waals surface area contributed by atoms with Crippen LogP contribution in [0.2, 0.25) is 0 Å². The van der Waals surface area contributed by atoms with Crippen molar-refractivity contribution in [1.29, 1.82) is 0 Å². The first-order valence-corrected chi connectivity index (χ1v) is 5.89. The van der Waals surface area contributed by atoms with Gasteiger partial charge in [0.05, 0.1) is 0 Å². The average molecular weight is 239 g/mol. The van der Waals surface area contributed by atoms with Crippen LogP contribution >= 0.6 is 0 Å². The van der Waals surface area contributed by atoms with Crippen molar-refractivity contribution in [3.05, 3.63) is 30.5 Å². The van der Waals surface area contributed by atoms with Gasteiger partial charge < -0.3 is 0 Å². The van der Waals surface area contributed by atoms with Crippen LogP contribution in [-0.4, -0.2) is 28.2 Å². The van der Waals surface area contributed by atoms with Crippen molar-refractivity contribution >= 4 is 10.0 Å². The monoisotopic (exact) mass is 239 g/mol. The topological polar surface area (TPSA) is 104 Å². The molecule has 0 amide bonds. The van der Waals surface area contributed by atoms with Crippen LogP contribution in [0, 0.1) is 6.92 Å². The summed E-state index contributed by atoms with van der Waals surface area (Å²) < 4.78 is 23.4. The van der Waals surface area contributed by atoms with Gasteiger partial charge in [-0.3, -0.25) is 0 Å². The second-order valence-electron chi connectivity index (χ2n) is 3.13. The summed E-state index contributed by atoms with van der Waals surface area (Å²) in [5.41, 5.74) is 0. The van der Waals surface area contributed by atoms with Gasteiger partial charge in [-0.15, -0.1) is 0 Å². The molecule has 0 saturated carbocycles. The molecule has 0 aromatic carbocycles. The van der Waals surface area contributed by atoms with Crippen LogP contribution in [0.25, 0.3) is 5.82 Å². The van der Waals surface area contributed by atoms with Crippen molar-refractivity contribution < 1.29 is 8.42 Å². The molecule has 0 aliphatic rings. The zero-order chi connectivity index (χ0) is 11.8. The molecule has 0 saturated heterocycles. The maximum Gasteiger partial charge on any atom is 0.239 e. The molecule has 2 heterocycles. The van der Waals surface area contributed by atoms with E-state index in [-0.39, 0.29) is 4.90 Å². The summed E-state index contributed by atoms with van der Waals surface area (Å²) in [6.45, 7) is 1.75. The van der Waals surface area contributed by atoms with Gasteiger partial charge in [0, 0.05) is 6.20 Å². The zero-order valence-electron chi connectivity index (χ0n) is 8.40. The van der Waals surface area contributed by atoms with Crippen LogP contribution in [0.4, 0.5) is 0 Å². The van der Waals surface area contributed by atoms with E-state index >= 15 is 0 Å². The van der Waals surface area contributed by atoms with Gasteiger partial charge in [0.25, 0.3) is 0 Å². The number of rotatable bonds is 2. The first-order chi connectivity index (χ1) is 7.47. The minimum atomic E-state index is -3.70. The molecule has 16 heavy (non-hydrogen) atoms. The summed E-state index contributed by atoms with van der Waals surface area (Å²) in [6.07, 6.45) is 2.68. The third-order valence-electron chi connectivity index (χ3n) is 1.89. The van der Waals surface area contributed by atoms with Gasteiger partial charge in [0.2, 0.25) is 10.0 Å². The number of sulfonamides is 1.